The number of hydrogen-bond acceptors (Lipinski definition) is 8. The summed E-state index contributed by atoms with van der Waals surface area (Å²) in [7, 11) is -6.33. The molecule has 0 bridgehead atoms. The van der Waals surface area contributed by atoms with Gasteiger partial charge in [0, 0.05) is 19.2 Å². The molecule has 10 heteroatoms. The summed E-state index contributed by atoms with van der Waals surface area (Å²) in [6.07, 6.45) is 0.322. The van der Waals surface area contributed by atoms with Crippen molar-refractivity contribution in [2.24, 2.45) is 59.2 Å². The van der Waals surface area contributed by atoms with E-state index < -0.39 is 33.5 Å². The molecule has 2 saturated carbocycles. The van der Waals surface area contributed by atoms with Crippen LogP contribution < -0.4 is 0 Å². The van der Waals surface area contributed by atoms with Gasteiger partial charge in [0.1, 0.15) is 6.10 Å². The van der Waals surface area contributed by atoms with E-state index in [2.05, 4.69) is 55.4 Å². The van der Waals surface area contributed by atoms with E-state index in [4.69, 9.17) is 18.1 Å². The fourth-order valence-corrected chi connectivity index (χ4v) is 8.36. The van der Waals surface area contributed by atoms with E-state index in [-0.39, 0.29) is 29.5 Å². The Hall–Kier alpha value is -0.0700. The minimum absolute atomic E-state index is 0.0577. The number of Topliss-reactive ketones (excluding diaryl/α,β-unsaturated/α-hetero) is 1. The second-order valence-corrected chi connectivity index (χ2v) is 18.0. The summed E-state index contributed by atoms with van der Waals surface area (Å²) in [5.41, 5.74) is 0. The number of aliphatic hydroxyl groups excluding tert-OH is 1. The minimum Gasteiger partial charge on any atom is -0.390 e. The Bertz CT molecular complexity index is 912. The van der Waals surface area contributed by atoms with Crippen LogP contribution in [-0.2, 0) is 32.0 Å². The van der Waals surface area contributed by atoms with E-state index in [9.17, 15) is 19.0 Å². The molecular formula is C32H64O8P2. The number of carbonyl (C=O) groups is 1. The van der Waals surface area contributed by atoms with Crippen LogP contribution in [0, 0.1) is 59.2 Å². The van der Waals surface area contributed by atoms with Crippen LogP contribution in [0.5, 0.6) is 0 Å². The standard InChI is InChI=1S/C16H33O4P.C16H31O4P/c2*1-8-10(2)9-19-21(7,18)20-16-14(6)12(4)11(3)13(5)15(16)17/h10-17H,8-9H2,1-7H3;10-14,16H,8-9H2,1-7H3/t10-,11?,12?,13?,14?,15?,16?,21?;10-,11?,12?,13?,14?,16?,21?/m11/s1. The lowest BCUT2D eigenvalue weighted by Crippen LogP contribution is -2.50. The van der Waals surface area contributed by atoms with Crippen molar-refractivity contribution in [3.05, 3.63) is 0 Å². The van der Waals surface area contributed by atoms with Crippen LogP contribution in [0.4, 0.5) is 0 Å². The van der Waals surface area contributed by atoms with Gasteiger partial charge in [-0.15, -0.1) is 0 Å². The lowest BCUT2D eigenvalue weighted by molar-refractivity contribution is -0.141. The molecule has 0 aromatic rings. The van der Waals surface area contributed by atoms with Crippen molar-refractivity contribution >= 4 is 21.0 Å². The largest absolute Gasteiger partial charge is 0.390 e. The van der Waals surface area contributed by atoms with E-state index in [1.54, 1.807) is 0 Å². The van der Waals surface area contributed by atoms with Crippen molar-refractivity contribution in [1.29, 1.82) is 0 Å². The quantitative estimate of drug-likeness (QED) is 0.212. The first-order valence-corrected chi connectivity index (χ1v) is 20.2. The van der Waals surface area contributed by atoms with Gasteiger partial charge in [-0.25, -0.2) is 0 Å². The van der Waals surface area contributed by atoms with Crippen molar-refractivity contribution < 1.29 is 37.1 Å². The molecule has 15 atom stereocenters. The van der Waals surface area contributed by atoms with Crippen LogP contribution in [0.25, 0.3) is 0 Å². The minimum atomic E-state index is -3.20. The Morgan fingerprint density at radius 2 is 1.07 bits per heavy atom. The molecule has 0 spiro atoms. The third kappa shape index (κ3) is 11.1. The second-order valence-electron chi connectivity index (χ2n) is 14.0. The van der Waals surface area contributed by atoms with Gasteiger partial charge in [0.15, 0.2) is 5.78 Å². The monoisotopic (exact) mass is 638 g/mol. The maximum atomic E-state index is 12.5. The third-order valence-electron chi connectivity index (χ3n) is 10.7. The lowest BCUT2D eigenvalue weighted by atomic mass is 9.66. The molecule has 0 aliphatic heterocycles. The van der Waals surface area contributed by atoms with Crippen molar-refractivity contribution in [3.8, 4) is 0 Å². The summed E-state index contributed by atoms with van der Waals surface area (Å²) < 4.78 is 47.4. The first-order valence-electron chi connectivity index (χ1n) is 16.2. The fraction of sp³-hybridized carbons (Fsp3) is 0.969. The van der Waals surface area contributed by atoms with Crippen molar-refractivity contribution in [2.75, 3.05) is 26.5 Å². The average Bonchev–Trinajstić information content (AvgIpc) is 2.95. The number of ketones is 1. The Morgan fingerprint density at radius 3 is 1.52 bits per heavy atom. The molecule has 2 rings (SSSR count). The Balaban J connectivity index is 0.000000420. The molecule has 0 aromatic heterocycles. The Morgan fingerprint density at radius 1 is 0.667 bits per heavy atom. The maximum Gasteiger partial charge on any atom is 0.328 e. The summed E-state index contributed by atoms with van der Waals surface area (Å²) in [5, 5.41) is 10.5. The van der Waals surface area contributed by atoms with Crippen molar-refractivity contribution in [2.45, 2.75) is 114 Å². The topological polar surface area (TPSA) is 108 Å². The van der Waals surface area contributed by atoms with E-state index in [1.165, 1.54) is 13.3 Å². The first kappa shape index (κ1) is 40.0. The molecular weight excluding hydrogens is 574 g/mol. The SMILES string of the molecule is CC[C@@H](C)COP(C)(=O)OC1C(=O)C(C)C(C)C(C)C1C.CC[C@@H](C)COP(C)(=O)OC1C(C)C(C)C(C)C(C)C1O. The third-order valence-corrected chi connectivity index (χ3v) is 13.2. The summed E-state index contributed by atoms with van der Waals surface area (Å²) in [5.74, 6) is 2.56. The van der Waals surface area contributed by atoms with Crippen LogP contribution in [0.15, 0.2) is 0 Å². The molecule has 2 aliphatic rings. The first-order chi connectivity index (χ1) is 19.2. The number of hydrogen-bond donors (Lipinski definition) is 1. The molecule has 2 fully saturated rings. The number of rotatable bonds is 12. The van der Waals surface area contributed by atoms with Gasteiger partial charge in [0.2, 0.25) is 0 Å². The molecule has 42 heavy (non-hydrogen) atoms. The van der Waals surface area contributed by atoms with E-state index >= 15 is 0 Å². The summed E-state index contributed by atoms with van der Waals surface area (Å²) in [4.78, 5) is 12.5. The normalized spacial score (nSPS) is 39.8. The van der Waals surface area contributed by atoms with Gasteiger partial charge in [0.05, 0.1) is 25.4 Å². The molecule has 250 valence electrons. The molecule has 0 aromatic carbocycles. The van der Waals surface area contributed by atoms with Gasteiger partial charge < -0.3 is 18.7 Å². The highest BCUT2D eigenvalue weighted by atomic mass is 31.2. The molecule has 0 radical (unpaired) electrons. The van der Waals surface area contributed by atoms with Crippen molar-refractivity contribution in [1.82, 2.24) is 0 Å². The lowest BCUT2D eigenvalue weighted by Gasteiger charge is -2.46. The highest BCUT2D eigenvalue weighted by Crippen LogP contribution is 2.52. The average molecular weight is 639 g/mol. The van der Waals surface area contributed by atoms with Gasteiger partial charge in [-0.05, 0) is 53.3 Å². The van der Waals surface area contributed by atoms with Crippen LogP contribution >= 0.6 is 15.2 Å². The highest BCUT2D eigenvalue weighted by molar-refractivity contribution is 7.53. The number of carbonyl (C=O) groups excluding carboxylic acids is 1. The van der Waals surface area contributed by atoms with E-state index in [0.717, 1.165) is 12.8 Å². The zero-order chi connectivity index (χ0) is 32.7. The van der Waals surface area contributed by atoms with E-state index in [0.29, 0.717) is 48.7 Å². The smallest absolute Gasteiger partial charge is 0.328 e. The second kappa shape index (κ2) is 17.0. The molecule has 0 amide bonds. The molecule has 8 nitrogen and oxygen atoms in total. The molecule has 13 unspecified atom stereocenters. The zero-order valence-corrected chi connectivity index (χ0v) is 30.8. The van der Waals surface area contributed by atoms with Gasteiger partial charge in [0.25, 0.3) is 0 Å². The zero-order valence-electron chi connectivity index (χ0n) is 29.0. The highest BCUT2D eigenvalue weighted by Gasteiger charge is 2.46. The molecule has 0 saturated heterocycles. The predicted molar refractivity (Wildman–Crippen MR) is 172 cm³/mol. The van der Waals surface area contributed by atoms with Gasteiger partial charge in [-0.3, -0.25) is 18.4 Å². The summed E-state index contributed by atoms with van der Waals surface area (Å²) >= 11 is 0. The summed E-state index contributed by atoms with van der Waals surface area (Å²) in [6.45, 7) is 28.7. The molecule has 0 heterocycles. The van der Waals surface area contributed by atoms with Gasteiger partial charge in [-0.1, -0.05) is 95.9 Å². The van der Waals surface area contributed by atoms with Crippen LogP contribution in [0.1, 0.15) is 95.9 Å². The fourth-order valence-electron chi connectivity index (χ4n) is 5.72. The van der Waals surface area contributed by atoms with Crippen LogP contribution in [0.2, 0.25) is 0 Å². The van der Waals surface area contributed by atoms with Gasteiger partial charge >= 0.3 is 15.2 Å². The molecule has 1 N–H and O–H groups in total. The van der Waals surface area contributed by atoms with E-state index in [1.807, 2.05) is 27.7 Å². The van der Waals surface area contributed by atoms with Crippen molar-refractivity contribution in [3.63, 3.8) is 0 Å². The van der Waals surface area contributed by atoms with Crippen LogP contribution in [-0.4, -0.2) is 55.7 Å². The summed E-state index contributed by atoms with van der Waals surface area (Å²) in [6, 6.07) is 0. The predicted octanol–water partition coefficient (Wildman–Crippen LogP) is 8.56. The number of aliphatic hydroxyl groups is 1. The Labute approximate surface area is 257 Å². The Kier molecular flexibility index (Phi) is 16.2. The van der Waals surface area contributed by atoms with Gasteiger partial charge in [-0.2, -0.15) is 0 Å². The maximum absolute atomic E-state index is 12.5. The molecule has 2 aliphatic carbocycles. The van der Waals surface area contributed by atoms with Crippen LogP contribution in [0.3, 0.4) is 0 Å².